The Morgan fingerprint density at radius 2 is 1.43 bits per heavy atom. The fourth-order valence-electron chi connectivity index (χ4n) is 3.66. The van der Waals surface area contributed by atoms with Crippen LogP contribution in [0.15, 0.2) is 12.1 Å². The molecule has 0 aliphatic rings. The van der Waals surface area contributed by atoms with Crippen LogP contribution in [0.1, 0.15) is 78.5 Å². The van der Waals surface area contributed by atoms with E-state index in [4.69, 9.17) is 4.74 Å². The van der Waals surface area contributed by atoms with Gasteiger partial charge in [-0.15, -0.1) is 0 Å². The molecule has 0 heterocycles. The molecule has 0 bridgehead atoms. The topological polar surface area (TPSA) is 29.5 Å². The maximum atomic E-state index is 9.39. The standard InChI is InChI=1S/C21H36O2/c1-19(2,3)14-21(7,8)17-13-15(10-11-22)12-16(18(17)23-9)20(4,5)6/h12-13,22H,10-11,14H2,1-9H3. The number of benzene rings is 1. The van der Waals surface area contributed by atoms with Crippen LogP contribution in [-0.2, 0) is 17.3 Å². The number of hydrogen-bond donors (Lipinski definition) is 1. The van der Waals surface area contributed by atoms with E-state index in [1.807, 2.05) is 0 Å². The minimum atomic E-state index is 0.00334. The zero-order valence-electron chi connectivity index (χ0n) is 16.6. The highest BCUT2D eigenvalue weighted by Gasteiger charge is 2.33. The highest BCUT2D eigenvalue weighted by atomic mass is 16.5. The predicted octanol–water partition coefficient (Wildman–Crippen LogP) is 5.24. The lowest BCUT2D eigenvalue weighted by Crippen LogP contribution is -2.27. The molecule has 0 fully saturated rings. The van der Waals surface area contributed by atoms with Gasteiger partial charge in [-0.3, -0.25) is 0 Å². The molecule has 2 heteroatoms. The highest BCUT2D eigenvalue weighted by molar-refractivity contribution is 5.51. The fraction of sp³-hybridized carbons (Fsp3) is 0.714. The zero-order valence-corrected chi connectivity index (χ0v) is 16.6. The van der Waals surface area contributed by atoms with E-state index in [0.29, 0.717) is 6.42 Å². The molecule has 132 valence electrons. The van der Waals surface area contributed by atoms with Gasteiger partial charge in [0.1, 0.15) is 5.75 Å². The Bertz CT molecular complexity index is 528. The van der Waals surface area contributed by atoms with E-state index in [-0.39, 0.29) is 22.9 Å². The summed E-state index contributed by atoms with van der Waals surface area (Å²) >= 11 is 0. The van der Waals surface area contributed by atoms with Crippen molar-refractivity contribution in [3.05, 3.63) is 28.8 Å². The molecule has 0 aliphatic carbocycles. The maximum Gasteiger partial charge on any atom is 0.126 e. The van der Waals surface area contributed by atoms with Crippen LogP contribution in [0.25, 0.3) is 0 Å². The van der Waals surface area contributed by atoms with Crippen molar-refractivity contribution in [1.82, 2.24) is 0 Å². The minimum absolute atomic E-state index is 0.00334. The van der Waals surface area contributed by atoms with Crippen molar-refractivity contribution in [2.24, 2.45) is 5.41 Å². The van der Waals surface area contributed by atoms with Gasteiger partial charge in [0.25, 0.3) is 0 Å². The lowest BCUT2D eigenvalue weighted by Gasteiger charge is -2.36. The average Bonchev–Trinajstić information content (AvgIpc) is 2.34. The van der Waals surface area contributed by atoms with Gasteiger partial charge in [0.05, 0.1) is 7.11 Å². The number of methoxy groups -OCH3 is 1. The van der Waals surface area contributed by atoms with Crippen molar-refractivity contribution in [3.63, 3.8) is 0 Å². The summed E-state index contributed by atoms with van der Waals surface area (Å²) in [6.45, 7) is 18.3. The monoisotopic (exact) mass is 320 g/mol. The summed E-state index contributed by atoms with van der Waals surface area (Å²) in [5, 5.41) is 9.39. The summed E-state index contributed by atoms with van der Waals surface area (Å²) in [7, 11) is 1.77. The third-order valence-corrected chi connectivity index (χ3v) is 4.26. The third-order valence-electron chi connectivity index (χ3n) is 4.26. The number of aliphatic hydroxyl groups is 1. The van der Waals surface area contributed by atoms with Crippen molar-refractivity contribution >= 4 is 0 Å². The molecule has 1 aromatic rings. The van der Waals surface area contributed by atoms with Crippen molar-refractivity contribution < 1.29 is 9.84 Å². The molecule has 1 aromatic carbocycles. The van der Waals surface area contributed by atoms with Crippen molar-refractivity contribution in [2.75, 3.05) is 13.7 Å². The Kier molecular flexibility index (Phi) is 5.96. The van der Waals surface area contributed by atoms with Gasteiger partial charge in [-0.1, -0.05) is 67.5 Å². The summed E-state index contributed by atoms with van der Waals surface area (Å²) in [6, 6.07) is 4.43. The van der Waals surface area contributed by atoms with Crippen LogP contribution in [0.2, 0.25) is 0 Å². The molecule has 0 amide bonds. The Morgan fingerprint density at radius 1 is 0.913 bits per heavy atom. The Labute approximate surface area is 143 Å². The minimum Gasteiger partial charge on any atom is -0.496 e. The molecular formula is C21H36O2. The van der Waals surface area contributed by atoms with Gasteiger partial charge in [-0.25, -0.2) is 0 Å². The molecule has 0 unspecified atom stereocenters. The van der Waals surface area contributed by atoms with Crippen LogP contribution in [0.5, 0.6) is 5.75 Å². The fourth-order valence-corrected chi connectivity index (χ4v) is 3.66. The van der Waals surface area contributed by atoms with Gasteiger partial charge in [-0.2, -0.15) is 0 Å². The van der Waals surface area contributed by atoms with Gasteiger partial charge in [0.15, 0.2) is 0 Å². The summed E-state index contributed by atoms with van der Waals surface area (Å²) in [5.74, 6) is 1.01. The molecule has 2 nitrogen and oxygen atoms in total. The number of ether oxygens (including phenoxy) is 1. The summed E-state index contributed by atoms with van der Waals surface area (Å²) < 4.78 is 5.87. The Balaban J connectivity index is 3.59. The lowest BCUT2D eigenvalue weighted by molar-refractivity contribution is 0.274. The highest BCUT2D eigenvalue weighted by Crippen LogP contribution is 2.44. The molecule has 1 N–H and O–H groups in total. The predicted molar refractivity (Wildman–Crippen MR) is 99.6 cm³/mol. The zero-order chi connectivity index (χ0) is 18.1. The Hall–Kier alpha value is -1.02. The van der Waals surface area contributed by atoms with E-state index >= 15 is 0 Å². The first kappa shape index (κ1) is 20.0. The van der Waals surface area contributed by atoms with Gasteiger partial charge in [-0.05, 0) is 34.7 Å². The van der Waals surface area contributed by atoms with Crippen LogP contribution in [0, 0.1) is 5.41 Å². The molecule has 0 spiro atoms. The van der Waals surface area contributed by atoms with Gasteiger partial charge < -0.3 is 9.84 Å². The van der Waals surface area contributed by atoms with Crippen molar-refractivity contribution in [1.29, 1.82) is 0 Å². The van der Waals surface area contributed by atoms with Crippen LogP contribution in [-0.4, -0.2) is 18.8 Å². The summed E-state index contributed by atoms with van der Waals surface area (Å²) in [5.41, 5.74) is 3.92. The first-order valence-corrected chi connectivity index (χ1v) is 8.64. The largest absolute Gasteiger partial charge is 0.496 e. The smallest absolute Gasteiger partial charge is 0.126 e. The van der Waals surface area contributed by atoms with Crippen molar-refractivity contribution in [3.8, 4) is 5.75 Å². The second-order valence-corrected chi connectivity index (χ2v) is 9.57. The molecular weight excluding hydrogens is 284 g/mol. The average molecular weight is 321 g/mol. The number of aliphatic hydroxyl groups excluding tert-OH is 1. The van der Waals surface area contributed by atoms with Crippen LogP contribution < -0.4 is 4.74 Å². The van der Waals surface area contributed by atoms with E-state index in [1.54, 1.807) is 7.11 Å². The molecule has 1 rings (SSSR count). The summed E-state index contributed by atoms with van der Waals surface area (Å²) in [6.07, 6.45) is 1.76. The van der Waals surface area contributed by atoms with E-state index < -0.39 is 0 Å². The Morgan fingerprint density at radius 3 is 1.83 bits per heavy atom. The van der Waals surface area contributed by atoms with E-state index in [2.05, 4.69) is 67.5 Å². The van der Waals surface area contributed by atoms with Crippen LogP contribution >= 0.6 is 0 Å². The molecule has 0 saturated carbocycles. The van der Waals surface area contributed by atoms with Gasteiger partial charge in [0.2, 0.25) is 0 Å². The van der Waals surface area contributed by atoms with E-state index in [0.717, 1.165) is 12.2 Å². The van der Waals surface area contributed by atoms with Crippen LogP contribution in [0.3, 0.4) is 0 Å². The molecule has 0 aromatic heterocycles. The molecule has 0 radical (unpaired) electrons. The molecule has 0 atom stereocenters. The second-order valence-electron chi connectivity index (χ2n) is 9.57. The molecule has 0 aliphatic heterocycles. The van der Waals surface area contributed by atoms with Gasteiger partial charge in [0, 0.05) is 17.7 Å². The van der Waals surface area contributed by atoms with E-state index in [1.165, 1.54) is 16.7 Å². The summed E-state index contributed by atoms with van der Waals surface area (Å²) in [4.78, 5) is 0. The van der Waals surface area contributed by atoms with Crippen LogP contribution in [0.4, 0.5) is 0 Å². The third kappa shape index (κ3) is 5.24. The van der Waals surface area contributed by atoms with Gasteiger partial charge >= 0.3 is 0 Å². The number of rotatable bonds is 5. The number of hydrogen-bond acceptors (Lipinski definition) is 2. The first-order chi connectivity index (χ1) is 10.3. The second kappa shape index (κ2) is 6.84. The normalized spacial score (nSPS) is 13.3. The first-order valence-electron chi connectivity index (χ1n) is 8.64. The van der Waals surface area contributed by atoms with E-state index in [9.17, 15) is 5.11 Å². The quantitative estimate of drug-likeness (QED) is 0.803. The molecule has 23 heavy (non-hydrogen) atoms. The lowest BCUT2D eigenvalue weighted by atomic mass is 9.70. The maximum absolute atomic E-state index is 9.39. The SMILES string of the molecule is COc1c(C(C)(C)C)cc(CCO)cc1C(C)(C)CC(C)(C)C. The molecule has 0 saturated heterocycles. The van der Waals surface area contributed by atoms with Crippen molar-refractivity contribution in [2.45, 2.75) is 79.1 Å².